The van der Waals surface area contributed by atoms with E-state index in [9.17, 15) is 13.2 Å². The molecule has 0 aromatic heterocycles. The van der Waals surface area contributed by atoms with Crippen molar-refractivity contribution < 1.29 is 18.1 Å². The second-order valence-electron chi connectivity index (χ2n) is 9.01. The molecule has 0 radical (unpaired) electrons. The fourth-order valence-corrected chi connectivity index (χ4v) is 6.87. The van der Waals surface area contributed by atoms with Crippen LogP contribution in [0.3, 0.4) is 0 Å². The fraction of sp³-hybridized carbons (Fsp3) is 0.682. The molecule has 1 unspecified atom stereocenters. The van der Waals surface area contributed by atoms with Crippen LogP contribution in [0.2, 0.25) is 0 Å². The van der Waals surface area contributed by atoms with Crippen LogP contribution in [-0.2, 0) is 14.8 Å². The number of anilines is 1. The van der Waals surface area contributed by atoms with Crippen LogP contribution in [0, 0.1) is 11.8 Å². The van der Waals surface area contributed by atoms with Crippen molar-refractivity contribution in [1.29, 1.82) is 0 Å². The van der Waals surface area contributed by atoms with Crippen LogP contribution in [0.4, 0.5) is 5.69 Å². The van der Waals surface area contributed by atoms with Crippen LogP contribution in [0.5, 0.6) is 0 Å². The van der Waals surface area contributed by atoms with E-state index < -0.39 is 10.0 Å². The van der Waals surface area contributed by atoms with Crippen molar-refractivity contribution in [1.82, 2.24) is 4.31 Å². The number of piperidine rings is 2. The van der Waals surface area contributed by atoms with Crippen LogP contribution < -0.4 is 10.2 Å². The molecule has 0 spiro atoms. The van der Waals surface area contributed by atoms with Gasteiger partial charge in [0.05, 0.1) is 18.0 Å². The number of hydrogen-bond donors (Lipinski definition) is 2. The summed E-state index contributed by atoms with van der Waals surface area (Å²) in [6.07, 6.45) is 9.60. The summed E-state index contributed by atoms with van der Waals surface area (Å²) in [6, 6.07) is 6.63. The van der Waals surface area contributed by atoms with Gasteiger partial charge in [-0.15, -0.1) is 0 Å². The van der Waals surface area contributed by atoms with Gasteiger partial charge in [0.25, 0.3) is 5.91 Å². The monoisotopic (exact) mass is 420 g/mol. The molecule has 2 aliphatic heterocycles. The van der Waals surface area contributed by atoms with Gasteiger partial charge in [-0.2, -0.15) is 4.31 Å². The minimum atomic E-state index is -3.42. The van der Waals surface area contributed by atoms with Crippen molar-refractivity contribution in [3.63, 3.8) is 0 Å². The van der Waals surface area contributed by atoms with Gasteiger partial charge in [0.2, 0.25) is 10.0 Å². The van der Waals surface area contributed by atoms with E-state index in [1.54, 1.807) is 28.6 Å². The maximum Gasteiger partial charge on any atom is 0.279 e. The minimum Gasteiger partial charge on any atom is -0.327 e. The number of nitrogens with one attached hydrogen (secondary N) is 2. The molecule has 1 amide bonds. The molecule has 2 heterocycles. The maximum atomic E-state index is 12.7. The number of sulfonamides is 1. The number of fused-ring (bicyclic) bond motifs is 1. The SMILES string of the molecule is O=C(C[NH+]1CC[C@H]2CCCC[C@@H]2C1)Nc1ccc(S(=O)(=O)N2CCCCC2)cc1. The number of nitrogens with zero attached hydrogens (tertiary/aromatic N) is 1. The van der Waals surface area contributed by atoms with E-state index in [0.29, 0.717) is 30.2 Å². The summed E-state index contributed by atoms with van der Waals surface area (Å²) in [4.78, 5) is 14.2. The van der Waals surface area contributed by atoms with E-state index in [0.717, 1.165) is 44.2 Å². The molecule has 4 rings (SSSR count). The molecule has 3 atom stereocenters. The molecule has 7 heteroatoms. The number of likely N-dealkylation sites (tertiary alicyclic amines) is 1. The van der Waals surface area contributed by atoms with E-state index in [1.165, 1.54) is 37.0 Å². The summed E-state index contributed by atoms with van der Waals surface area (Å²) in [5.74, 6) is 1.69. The van der Waals surface area contributed by atoms with E-state index in [2.05, 4.69) is 5.32 Å². The molecular formula is C22H34N3O3S+. The lowest BCUT2D eigenvalue weighted by atomic mass is 9.75. The van der Waals surface area contributed by atoms with Crippen molar-refractivity contribution in [2.75, 3.05) is 38.0 Å². The largest absolute Gasteiger partial charge is 0.327 e. The normalized spacial score (nSPS) is 28.5. The Morgan fingerprint density at radius 1 is 0.966 bits per heavy atom. The highest BCUT2D eigenvalue weighted by Gasteiger charge is 2.34. The summed E-state index contributed by atoms with van der Waals surface area (Å²) in [5, 5.41) is 2.95. The van der Waals surface area contributed by atoms with E-state index in [-0.39, 0.29) is 5.91 Å². The summed E-state index contributed by atoms with van der Waals surface area (Å²) in [5.41, 5.74) is 0.666. The predicted octanol–water partition coefficient (Wildman–Crippen LogP) is 1.89. The van der Waals surface area contributed by atoms with Crippen LogP contribution in [0.25, 0.3) is 0 Å². The van der Waals surface area contributed by atoms with Gasteiger partial charge in [-0.25, -0.2) is 8.42 Å². The number of benzene rings is 1. The van der Waals surface area contributed by atoms with E-state index in [1.807, 2.05) is 0 Å². The first-order chi connectivity index (χ1) is 14.0. The van der Waals surface area contributed by atoms with Gasteiger partial charge >= 0.3 is 0 Å². The first-order valence-corrected chi connectivity index (χ1v) is 12.7. The summed E-state index contributed by atoms with van der Waals surface area (Å²) >= 11 is 0. The summed E-state index contributed by atoms with van der Waals surface area (Å²) < 4.78 is 27.0. The molecule has 29 heavy (non-hydrogen) atoms. The van der Waals surface area contributed by atoms with Gasteiger partial charge in [-0.05, 0) is 62.3 Å². The highest BCUT2D eigenvalue weighted by Crippen LogP contribution is 2.32. The van der Waals surface area contributed by atoms with E-state index in [4.69, 9.17) is 0 Å². The van der Waals surface area contributed by atoms with Crippen molar-refractivity contribution in [2.24, 2.45) is 11.8 Å². The van der Waals surface area contributed by atoms with Crippen molar-refractivity contribution in [3.05, 3.63) is 24.3 Å². The highest BCUT2D eigenvalue weighted by molar-refractivity contribution is 7.89. The zero-order valence-corrected chi connectivity index (χ0v) is 18.1. The Bertz CT molecular complexity index is 803. The third-order valence-corrected chi connectivity index (χ3v) is 8.90. The third-order valence-electron chi connectivity index (χ3n) is 6.99. The molecule has 1 aliphatic carbocycles. The lowest BCUT2D eigenvalue weighted by Crippen LogP contribution is -3.15. The third kappa shape index (κ3) is 5.01. The average Bonchev–Trinajstić information content (AvgIpc) is 2.74. The van der Waals surface area contributed by atoms with Crippen molar-refractivity contribution in [3.8, 4) is 0 Å². The molecule has 1 aromatic rings. The van der Waals surface area contributed by atoms with Crippen LogP contribution in [0.1, 0.15) is 51.4 Å². The topological polar surface area (TPSA) is 70.9 Å². The average molecular weight is 421 g/mol. The Balaban J connectivity index is 1.31. The zero-order valence-electron chi connectivity index (χ0n) is 17.2. The number of carbonyl (C=O) groups is 1. The lowest BCUT2D eigenvalue weighted by Gasteiger charge is -2.38. The van der Waals surface area contributed by atoms with Gasteiger partial charge in [0.15, 0.2) is 6.54 Å². The van der Waals surface area contributed by atoms with Gasteiger partial charge in [-0.3, -0.25) is 4.79 Å². The highest BCUT2D eigenvalue weighted by atomic mass is 32.2. The van der Waals surface area contributed by atoms with Gasteiger partial charge in [0, 0.05) is 24.7 Å². The second kappa shape index (κ2) is 9.14. The van der Waals surface area contributed by atoms with Crippen LogP contribution >= 0.6 is 0 Å². The van der Waals surface area contributed by atoms with Crippen molar-refractivity contribution >= 4 is 21.6 Å². The van der Waals surface area contributed by atoms with Crippen molar-refractivity contribution in [2.45, 2.75) is 56.3 Å². The molecule has 2 saturated heterocycles. The van der Waals surface area contributed by atoms with Gasteiger partial charge in [-0.1, -0.05) is 19.3 Å². The lowest BCUT2D eigenvalue weighted by molar-refractivity contribution is -0.902. The van der Waals surface area contributed by atoms with Crippen LogP contribution in [0.15, 0.2) is 29.2 Å². The van der Waals surface area contributed by atoms with E-state index >= 15 is 0 Å². The predicted molar refractivity (Wildman–Crippen MR) is 113 cm³/mol. The fourth-order valence-electron chi connectivity index (χ4n) is 5.35. The summed E-state index contributed by atoms with van der Waals surface area (Å²) in [6.45, 7) is 3.90. The first kappa shape index (κ1) is 20.8. The number of carbonyl (C=O) groups excluding carboxylic acids is 1. The molecule has 0 bridgehead atoms. The molecule has 1 aromatic carbocycles. The minimum absolute atomic E-state index is 0.0147. The zero-order chi connectivity index (χ0) is 20.3. The number of rotatable bonds is 5. The number of amides is 1. The molecule has 3 fully saturated rings. The maximum absolute atomic E-state index is 12.7. The molecule has 6 nitrogen and oxygen atoms in total. The Morgan fingerprint density at radius 2 is 1.66 bits per heavy atom. The van der Waals surface area contributed by atoms with Gasteiger partial charge in [0.1, 0.15) is 0 Å². The Labute approximate surface area is 174 Å². The molecular weight excluding hydrogens is 386 g/mol. The molecule has 160 valence electrons. The molecule has 3 aliphatic rings. The smallest absolute Gasteiger partial charge is 0.279 e. The Morgan fingerprint density at radius 3 is 2.38 bits per heavy atom. The second-order valence-corrected chi connectivity index (χ2v) is 10.9. The Hall–Kier alpha value is -1.44. The molecule has 1 saturated carbocycles. The van der Waals surface area contributed by atoms with Crippen LogP contribution in [-0.4, -0.2) is 51.4 Å². The van der Waals surface area contributed by atoms with Gasteiger partial charge < -0.3 is 10.2 Å². The first-order valence-electron chi connectivity index (χ1n) is 11.3. The number of quaternary nitrogens is 1. The summed E-state index contributed by atoms with van der Waals surface area (Å²) in [7, 11) is -3.42. The quantitative estimate of drug-likeness (QED) is 0.764. The number of hydrogen-bond acceptors (Lipinski definition) is 3. The standard InChI is InChI=1S/C22H33N3O3S/c26-22(17-24-15-12-18-6-2-3-7-19(18)16-24)23-20-8-10-21(11-9-20)29(27,28)25-13-4-1-5-14-25/h8-11,18-19H,1-7,12-17H2,(H,23,26)/p+1/t18-,19-/m1/s1. The Kier molecular flexibility index (Phi) is 6.56. The molecule has 2 N–H and O–H groups in total.